The number of fused-ring (bicyclic) bond motifs is 1. The van der Waals surface area contributed by atoms with Crippen LogP contribution in [0.25, 0.3) is 10.9 Å². The van der Waals surface area contributed by atoms with Gasteiger partial charge in [0.05, 0.1) is 11.6 Å². The molecule has 0 unspecified atom stereocenters. The molecule has 1 aromatic carbocycles. The summed E-state index contributed by atoms with van der Waals surface area (Å²) in [6.45, 7) is 1.63. The summed E-state index contributed by atoms with van der Waals surface area (Å²) >= 11 is 1.92. The first-order valence-electron chi connectivity index (χ1n) is 5.90. The Bertz CT molecular complexity index is 742. The molecule has 0 aliphatic heterocycles. The molecule has 7 heteroatoms. The molecule has 1 aromatic heterocycles. The van der Waals surface area contributed by atoms with Crippen LogP contribution in [-0.4, -0.2) is 17.7 Å². The zero-order valence-corrected chi connectivity index (χ0v) is 13.0. The number of hydrogen-bond acceptors (Lipinski definition) is 4. The number of esters is 1. The summed E-state index contributed by atoms with van der Waals surface area (Å²) in [5.41, 5.74) is 2.34. The lowest BCUT2D eigenvalue weighted by atomic mass is 10.2. The molecule has 0 aliphatic carbocycles. The molecule has 0 saturated heterocycles. The van der Waals surface area contributed by atoms with Crippen molar-refractivity contribution in [3.05, 3.63) is 37.9 Å². The van der Waals surface area contributed by atoms with Gasteiger partial charge in [-0.05, 0) is 34.7 Å². The van der Waals surface area contributed by atoms with E-state index in [0.717, 1.165) is 0 Å². The van der Waals surface area contributed by atoms with Crippen molar-refractivity contribution >= 4 is 39.5 Å². The smallest absolute Gasteiger partial charge is 0.311 e. The summed E-state index contributed by atoms with van der Waals surface area (Å²) in [4.78, 5) is 23.6. The molecule has 0 amide bonds. The molecule has 20 heavy (non-hydrogen) atoms. The largest absolute Gasteiger partial charge is 0.421 e. The number of carbonyl (C=O) groups excluding carboxylic acids is 1. The first-order valence-corrected chi connectivity index (χ1v) is 6.98. The average Bonchev–Trinajstić information content (AvgIpc) is 2.41. The molecule has 0 fully saturated rings. The molecular weight excluding hydrogens is 378 g/mol. The van der Waals surface area contributed by atoms with Crippen molar-refractivity contribution < 1.29 is 13.9 Å². The Balaban J connectivity index is 2.78. The predicted octanol–water partition coefficient (Wildman–Crippen LogP) is 2.23. The number of halogens is 2. The molecule has 1 heterocycles. The van der Waals surface area contributed by atoms with Crippen LogP contribution in [0.1, 0.15) is 13.3 Å². The van der Waals surface area contributed by atoms with Gasteiger partial charge in [-0.3, -0.25) is 14.3 Å². The van der Waals surface area contributed by atoms with E-state index < -0.39 is 17.2 Å². The van der Waals surface area contributed by atoms with Gasteiger partial charge in [0.15, 0.2) is 11.6 Å². The quantitative estimate of drug-likeness (QED) is 0.645. The molecule has 2 aromatic rings. The molecule has 0 spiro atoms. The van der Waals surface area contributed by atoms with Crippen LogP contribution in [-0.2, 0) is 4.79 Å². The van der Waals surface area contributed by atoms with E-state index in [0.29, 0.717) is 3.57 Å². The van der Waals surface area contributed by atoms with Crippen LogP contribution >= 0.6 is 22.6 Å². The van der Waals surface area contributed by atoms with Crippen LogP contribution in [0.3, 0.4) is 0 Å². The van der Waals surface area contributed by atoms with Gasteiger partial charge in [0.1, 0.15) is 5.52 Å². The lowest BCUT2D eigenvalue weighted by molar-refractivity contribution is -0.134. The predicted molar refractivity (Wildman–Crippen MR) is 82.1 cm³/mol. The van der Waals surface area contributed by atoms with Crippen LogP contribution in [0, 0.1) is 9.39 Å². The SMILES string of the molecule is CCC(=O)Oc1cn(NC)c2c(F)cc(I)cc2c1=O. The van der Waals surface area contributed by atoms with Crippen LogP contribution < -0.4 is 15.6 Å². The third-order valence-corrected chi connectivity index (χ3v) is 3.36. The zero-order valence-electron chi connectivity index (χ0n) is 10.9. The lowest BCUT2D eigenvalue weighted by Gasteiger charge is -2.13. The highest BCUT2D eigenvalue weighted by Crippen LogP contribution is 2.21. The Hall–Kier alpha value is -1.64. The first kappa shape index (κ1) is 14.8. The average molecular weight is 390 g/mol. The summed E-state index contributed by atoms with van der Waals surface area (Å²) in [6.07, 6.45) is 1.42. The number of pyridine rings is 1. The van der Waals surface area contributed by atoms with E-state index in [-0.39, 0.29) is 23.1 Å². The molecule has 2 rings (SSSR count). The number of benzene rings is 1. The van der Waals surface area contributed by atoms with Gasteiger partial charge in [-0.15, -0.1) is 0 Å². The third kappa shape index (κ3) is 2.62. The van der Waals surface area contributed by atoms with E-state index in [9.17, 15) is 14.0 Å². The fourth-order valence-corrected chi connectivity index (χ4v) is 2.39. The maximum absolute atomic E-state index is 14.0. The highest BCUT2D eigenvalue weighted by molar-refractivity contribution is 14.1. The maximum Gasteiger partial charge on any atom is 0.311 e. The fraction of sp³-hybridized carbons (Fsp3) is 0.231. The summed E-state index contributed by atoms with van der Waals surface area (Å²) < 4.78 is 20.9. The summed E-state index contributed by atoms with van der Waals surface area (Å²) in [6, 6.07) is 2.88. The number of nitrogens with one attached hydrogen (secondary N) is 1. The first-order chi connectivity index (χ1) is 9.47. The number of rotatable bonds is 3. The van der Waals surface area contributed by atoms with Crippen molar-refractivity contribution in [2.24, 2.45) is 0 Å². The van der Waals surface area contributed by atoms with E-state index in [1.54, 1.807) is 20.0 Å². The van der Waals surface area contributed by atoms with Gasteiger partial charge in [0.25, 0.3) is 0 Å². The van der Waals surface area contributed by atoms with Gasteiger partial charge in [0, 0.05) is 17.0 Å². The minimum absolute atomic E-state index is 0.120. The van der Waals surface area contributed by atoms with Gasteiger partial charge in [-0.25, -0.2) is 4.39 Å². The standard InChI is InChI=1S/C13H12FIN2O3/c1-3-11(18)20-10-6-17(16-2)12-8(13(10)19)4-7(15)5-9(12)14/h4-6,16H,3H2,1-2H3. The van der Waals surface area contributed by atoms with E-state index >= 15 is 0 Å². The van der Waals surface area contributed by atoms with Crippen molar-refractivity contribution in [2.75, 3.05) is 12.5 Å². The van der Waals surface area contributed by atoms with Crippen LogP contribution in [0.5, 0.6) is 5.75 Å². The second-order valence-electron chi connectivity index (χ2n) is 4.03. The van der Waals surface area contributed by atoms with Crippen molar-refractivity contribution in [1.29, 1.82) is 0 Å². The molecule has 0 radical (unpaired) electrons. The van der Waals surface area contributed by atoms with E-state index in [1.807, 2.05) is 22.6 Å². The number of hydrogen-bond donors (Lipinski definition) is 1. The number of aromatic nitrogens is 1. The second kappa shape index (κ2) is 5.78. The Kier molecular flexibility index (Phi) is 4.26. The highest BCUT2D eigenvalue weighted by atomic mass is 127. The van der Waals surface area contributed by atoms with Crippen LogP contribution in [0.4, 0.5) is 4.39 Å². The maximum atomic E-state index is 14.0. The van der Waals surface area contributed by atoms with E-state index in [2.05, 4.69) is 5.43 Å². The fourth-order valence-electron chi connectivity index (χ4n) is 1.80. The van der Waals surface area contributed by atoms with Crippen molar-refractivity contribution in [3.63, 3.8) is 0 Å². The zero-order chi connectivity index (χ0) is 14.9. The van der Waals surface area contributed by atoms with E-state index in [4.69, 9.17) is 4.74 Å². The highest BCUT2D eigenvalue weighted by Gasteiger charge is 2.16. The number of ether oxygens (including phenoxy) is 1. The summed E-state index contributed by atoms with van der Waals surface area (Å²) in [7, 11) is 1.58. The normalized spacial score (nSPS) is 10.6. The Morgan fingerprint density at radius 3 is 2.80 bits per heavy atom. The molecule has 0 aliphatic rings. The van der Waals surface area contributed by atoms with Gasteiger partial charge >= 0.3 is 5.97 Å². The second-order valence-corrected chi connectivity index (χ2v) is 5.27. The summed E-state index contributed by atoms with van der Waals surface area (Å²) in [5, 5.41) is 0.158. The number of carbonyl (C=O) groups is 1. The third-order valence-electron chi connectivity index (χ3n) is 2.74. The van der Waals surface area contributed by atoms with Gasteiger partial charge in [0.2, 0.25) is 5.43 Å². The molecule has 0 atom stereocenters. The van der Waals surface area contributed by atoms with Crippen LogP contribution in [0.15, 0.2) is 23.1 Å². The summed E-state index contributed by atoms with van der Waals surface area (Å²) in [5.74, 6) is -1.16. The molecule has 5 nitrogen and oxygen atoms in total. The Morgan fingerprint density at radius 2 is 2.20 bits per heavy atom. The molecule has 0 bridgehead atoms. The Labute approximate surface area is 127 Å². The Morgan fingerprint density at radius 1 is 1.50 bits per heavy atom. The lowest BCUT2D eigenvalue weighted by Crippen LogP contribution is -2.20. The minimum atomic E-state index is -0.522. The number of nitrogens with zero attached hydrogens (tertiary/aromatic N) is 1. The van der Waals surface area contributed by atoms with Gasteiger partial charge in [-0.1, -0.05) is 6.92 Å². The topological polar surface area (TPSA) is 60.3 Å². The molecule has 0 saturated carbocycles. The molecular formula is C13H12FIN2O3. The molecule has 106 valence electrons. The minimum Gasteiger partial charge on any atom is -0.421 e. The van der Waals surface area contributed by atoms with Crippen molar-refractivity contribution in [3.8, 4) is 5.75 Å². The molecule has 1 N–H and O–H groups in total. The van der Waals surface area contributed by atoms with Gasteiger partial charge < -0.3 is 10.2 Å². The van der Waals surface area contributed by atoms with Crippen molar-refractivity contribution in [1.82, 2.24) is 4.68 Å². The monoisotopic (exact) mass is 390 g/mol. The van der Waals surface area contributed by atoms with E-state index in [1.165, 1.54) is 16.9 Å². The van der Waals surface area contributed by atoms with Gasteiger partial charge in [-0.2, -0.15) is 0 Å². The van der Waals surface area contributed by atoms with Crippen LogP contribution in [0.2, 0.25) is 0 Å². The van der Waals surface area contributed by atoms with Crippen molar-refractivity contribution in [2.45, 2.75) is 13.3 Å².